The first-order chi connectivity index (χ1) is 71.0. The lowest BCUT2D eigenvalue weighted by Crippen LogP contribution is -2.40. The highest BCUT2D eigenvalue weighted by Gasteiger charge is 2.59. The molecule has 28 atom stereocenters. The van der Waals surface area contributed by atoms with Gasteiger partial charge in [0.1, 0.15) is 157 Å². The molecule has 16 unspecified atom stereocenters. The molecule has 72 heteroatoms. The molecule has 16 N–H and O–H groups in total. The summed E-state index contributed by atoms with van der Waals surface area (Å²) in [4.78, 5) is 124. The maximum absolute atomic E-state index is 14.8. The second-order valence-electron chi connectivity index (χ2n) is 35.4. The minimum absolute atomic E-state index is 0.00696. The van der Waals surface area contributed by atoms with Gasteiger partial charge in [0.2, 0.25) is 0 Å². The standard InChI is InChI=1S/C40H54N15O19P3.C38H50N15O17P3/c1-18(56)63-16-65-28-21(8-67-75(3,4)60)71-39(54-14-51-24-33(42)45-11-48-36(24)54)30(28)74-77(6,62)69-9-22-29(66-17-64-19(2)57)31(40(72-22)55-15-52-25-34(43)46-12-49-37(25)55)73-76(5,61)68-7-20-26(58)27(59)38(70-20)53-13-50-23-32(41)44-10-47-35(23)53;1-16(54)64-26-19(8-61-71(3,4)58)67-37(52-14-49-22-31(40)43-11-46-34(22)52)28(26)70-73(6,60)63-9-20-27(65-17(2)55)29(38(68-20)53-15-50-23-32(41)44-12-47-35(23)53)69-72(5,59)62-7-18-24(56)25(57)36(66-18)51-13-48-21-30(39)42-10-45-33(21)51/h10-15,20-22,26-31,38-40,58-59H,7-9,16-17H2,1-6H3,(H2,41,44,47)(H2,42,45,48)(H2,43,46,49);10-15,18-20,24-29,36-38,56-57H,7-9H2,1-6H3,(H2,39,42,45)(H2,40,43,46)(H2,41,44,47)/t20-,21-,22-,26?,27?,28?,29?,30?,31?,38-,39-,40-,76?,77?;18-,19-,20-,24?,25?,26?,27?,28?,29?,36-,37-,38-,72?,73?/m11/s1. The molecule has 6 saturated heterocycles. The molecule has 0 aromatic carbocycles. The number of aliphatic hydroxyl groups is 4. The molecule has 0 amide bonds. The number of esters is 4. The van der Waals surface area contributed by atoms with E-state index in [9.17, 15) is 67.0 Å². The number of carbonyl (C=O) groups excluding carboxylic acids is 4. The molecule has 18 heterocycles. The maximum atomic E-state index is 14.8. The highest BCUT2D eigenvalue weighted by atomic mass is 31.2. The van der Waals surface area contributed by atoms with E-state index in [4.69, 9.17) is 136 Å². The normalized spacial score (nSPS) is 28.7. The number of nitrogens with two attached hydrogens (primary N) is 6. The van der Waals surface area contributed by atoms with Crippen LogP contribution in [0.3, 0.4) is 0 Å². The second-order valence-corrected chi connectivity index (χ2v) is 49.0. The van der Waals surface area contributed by atoms with Crippen molar-refractivity contribution in [3.63, 3.8) is 0 Å². The van der Waals surface area contributed by atoms with Crippen molar-refractivity contribution in [2.75, 3.05) is 141 Å². The predicted molar refractivity (Wildman–Crippen MR) is 508 cm³/mol. The van der Waals surface area contributed by atoms with Crippen LogP contribution in [-0.4, -0.2) is 378 Å². The number of nitrogens with zero attached hydrogens (tertiary/aromatic N) is 24. The van der Waals surface area contributed by atoms with E-state index in [0.29, 0.717) is 0 Å². The Kier molecular flexibility index (Phi) is 32.4. The lowest BCUT2D eigenvalue weighted by molar-refractivity contribution is -0.167. The maximum Gasteiger partial charge on any atom is 0.328 e. The highest BCUT2D eigenvalue weighted by molar-refractivity contribution is 7.57. The Labute approximate surface area is 845 Å². The van der Waals surface area contributed by atoms with Crippen LogP contribution in [0.25, 0.3) is 67.0 Å². The Bertz CT molecular complexity index is 7310. The van der Waals surface area contributed by atoms with Crippen LogP contribution in [0.4, 0.5) is 34.9 Å². The number of hydrogen-bond acceptors (Lipinski definition) is 60. The molecule has 6 aliphatic heterocycles. The first-order valence-corrected chi connectivity index (χ1v) is 58.1. The van der Waals surface area contributed by atoms with Crippen LogP contribution in [0, 0.1) is 0 Å². The topological polar surface area (TPSA) is 872 Å². The first kappa shape index (κ1) is 110. The van der Waals surface area contributed by atoms with Gasteiger partial charge in [-0.1, -0.05) is 0 Å². The summed E-state index contributed by atoms with van der Waals surface area (Å²) < 4.78 is 223. The van der Waals surface area contributed by atoms with Crippen molar-refractivity contribution >= 4 is 171 Å². The molecular formula is C78H104N30O36P6. The van der Waals surface area contributed by atoms with E-state index < -0.39 is 256 Å². The third kappa shape index (κ3) is 24.1. The van der Waals surface area contributed by atoms with Gasteiger partial charge in [0.25, 0.3) is 0 Å². The number of anilines is 6. The lowest BCUT2D eigenvalue weighted by Gasteiger charge is -2.29. The van der Waals surface area contributed by atoms with Gasteiger partial charge in [-0.2, -0.15) is 0 Å². The van der Waals surface area contributed by atoms with Crippen LogP contribution in [0.1, 0.15) is 65.1 Å². The SMILES string of the molecule is CC(=O)OC1C(OP(C)(=O)OC[C@H]2O[C@@H](n3cnc4c(N)ncnc43)C(OP(C)(=O)OC[C@H]3O[C@@H](n4cnc5c(N)ncnc54)C(O)C3O)C2OC(C)=O)[C@H](n2cnc3c(N)ncnc32)O[C@@H]1COP(C)(C)=O.CC(=O)OCOC1C(OP(C)(=O)OC[C@H]2O[C@@H](n3cnc4c(N)ncnc43)C(OP(C)(=O)OC[C@H]3O[C@@H](n4cnc5c(N)ncnc54)C(O)C3O)C2OCOC(C)=O)[C@H](n2cnc3c(N)ncnc32)O[C@@H]1COP(C)(C)=O. The van der Waals surface area contributed by atoms with E-state index in [1.54, 1.807) is 0 Å². The van der Waals surface area contributed by atoms with Crippen LogP contribution in [-0.2, 0) is 149 Å². The summed E-state index contributed by atoms with van der Waals surface area (Å²) in [6, 6.07) is 0. The van der Waals surface area contributed by atoms with E-state index in [-0.39, 0.29) is 115 Å². The van der Waals surface area contributed by atoms with Gasteiger partial charge in [-0.3, -0.25) is 92.1 Å². The van der Waals surface area contributed by atoms with Crippen molar-refractivity contribution in [3.8, 4) is 0 Å². The van der Waals surface area contributed by atoms with Gasteiger partial charge in [0.15, 0.2) is 159 Å². The van der Waals surface area contributed by atoms with Crippen molar-refractivity contribution in [2.24, 2.45) is 0 Å². The minimum Gasteiger partial charge on any atom is -0.457 e. The fourth-order valence-corrected chi connectivity index (χ4v) is 22.6. The van der Waals surface area contributed by atoms with E-state index >= 15 is 0 Å². The molecular weight excluding hydrogens is 2120 g/mol. The lowest BCUT2D eigenvalue weighted by atomic mass is 10.1. The molecule has 6 fully saturated rings. The number of rotatable bonds is 40. The molecule has 18 rings (SSSR count). The summed E-state index contributed by atoms with van der Waals surface area (Å²) in [5.41, 5.74) is 38.3. The quantitative estimate of drug-likeness (QED) is 0.0111. The zero-order valence-electron chi connectivity index (χ0n) is 81.2. The van der Waals surface area contributed by atoms with Gasteiger partial charge in [0, 0.05) is 81.0 Å². The Morgan fingerprint density at radius 2 is 0.487 bits per heavy atom. The number of ether oxygens (including phenoxy) is 12. The summed E-state index contributed by atoms with van der Waals surface area (Å²) in [5, 5.41) is 44.3. The monoisotopic (exact) mass is 2220 g/mol. The van der Waals surface area contributed by atoms with Crippen molar-refractivity contribution in [1.29, 1.82) is 0 Å². The number of imidazole rings is 6. The third-order valence-corrected chi connectivity index (χ3v) is 30.2. The zero-order chi connectivity index (χ0) is 107. The molecule has 12 aromatic heterocycles. The molecule has 0 saturated carbocycles. The van der Waals surface area contributed by atoms with Gasteiger partial charge >= 0.3 is 54.3 Å². The molecule has 812 valence electrons. The average Bonchev–Trinajstić information content (AvgIpc) is 1.59. The molecule has 0 bridgehead atoms. The van der Waals surface area contributed by atoms with E-state index in [1.165, 1.54) is 117 Å². The summed E-state index contributed by atoms with van der Waals surface area (Å²) in [5.74, 6) is -2.90. The summed E-state index contributed by atoms with van der Waals surface area (Å²) in [6.07, 6.45) is -18.6. The van der Waals surface area contributed by atoms with Crippen LogP contribution in [0.15, 0.2) is 75.9 Å². The number of nitrogen functional groups attached to an aromatic ring is 6. The Morgan fingerprint density at radius 1 is 0.280 bits per heavy atom. The van der Waals surface area contributed by atoms with Gasteiger partial charge in [-0.15, -0.1) is 0 Å². The highest BCUT2D eigenvalue weighted by Crippen LogP contribution is 2.58. The number of hydrogen-bond donors (Lipinski definition) is 10. The zero-order valence-corrected chi connectivity index (χ0v) is 86.5. The number of aliphatic hydroxyl groups excluding tert-OH is 4. The fourth-order valence-electron chi connectivity index (χ4n) is 17.1. The summed E-state index contributed by atoms with van der Waals surface area (Å²) >= 11 is 0. The first-order valence-electron chi connectivity index (χ1n) is 45.1. The van der Waals surface area contributed by atoms with Gasteiger partial charge in [0.05, 0.1) is 77.6 Å². The van der Waals surface area contributed by atoms with Crippen LogP contribution in [0.5, 0.6) is 0 Å². The molecule has 0 radical (unpaired) electrons. The minimum atomic E-state index is -4.43. The van der Waals surface area contributed by atoms with E-state index in [1.807, 2.05) is 0 Å². The summed E-state index contributed by atoms with van der Waals surface area (Å²) in [6.45, 7) is 9.83. The van der Waals surface area contributed by atoms with Crippen molar-refractivity contribution in [1.82, 2.24) is 117 Å². The van der Waals surface area contributed by atoms with Crippen molar-refractivity contribution in [2.45, 2.75) is 175 Å². The fraction of sp³-hybridized carbons (Fsp3) is 0.564. The average molecular weight is 2220 g/mol. The number of aromatic nitrogens is 24. The van der Waals surface area contributed by atoms with Gasteiger partial charge in [-0.25, -0.2) is 89.7 Å². The van der Waals surface area contributed by atoms with Crippen molar-refractivity contribution in [3.05, 3.63) is 75.9 Å². The number of fused-ring (bicyclic) bond motifs is 6. The van der Waals surface area contributed by atoms with Crippen LogP contribution >= 0.6 is 45.1 Å². The smallest absolute Gasteiger partial charge is 0.328 e. The van der Waals surface area contributed by atoms with Crippen LogP contribution in [0.2, 0.25) is 0 Å². The second kappa shape index (κ2) is 44.3. The third-order valence-electron chi connectivity index (χ3n) is 23.7. The molecule has 150 heavy (non-hydrogen) atoms. The van der Waals surface area contributed by atoms with Crippen LogP contribution < -0.4 is 34.4 Å². The van der Waals surface area contributed by atoms with E-state index in [0.717, 1.165) is 67.0 Å². The Morgan fingerprint density at radius 3 is 0.713 bits per heavy atom. The summed E-state index contributed by atoms with van der Waals surface area (Å²) in [7, 11) is -23.9. The number of carbonyl (C=O) groups is 4. The molecule has 0 aliphatic carbocycles. The van der Waals surface area contributed by atoms with Gasteiger partial charge in [-0.05, 0) is 0 Å². The molecule has 66 nitrogen and oxygen atoms in total. The largest absolute Gasteiger partial charge is 0.457 e. The van der Waals surface area contributed by atoms with Crippen molar-refractivity contribution < 1.29 is 169 Å². The predicted octanol–water partition coefficient (Wildman–Crippen LogP) is 1.02. The molecule has 6 aliphatic rings. The van der Waals surface area contributed by atoms with E-state index in [2.05, 4.69) is 89.7 Å². The molecule has 0 spiro atoms. The Hall–Kier alpha value is -11.5. The van der Waals surface area contributed by atoms with Gasteiger partial charge < -0.3 is 139 Å². The Balaban J connectivity index is 0.000000204. The molecule has 12 aromatic rings.